The highest BCUT2D eigenvalue weighted by Crippen LogP contribution is 2.48. The van der Waals surface area contributed by atoms with Crippen LogP contribution < -0.4 is 16.8 Å². The molecule has 0 spiro atoms. The zero-order valence-corrected chi connectivity index (χ0v) is 35.9. The van der Waals surface area contributed by atoms with Crippen molar-refractivity contribution in [2.24, 2.45) is 5.84 Å². The van der Waals surface area contributed by atoms with Gasteiger partial charge in [-0.15, -0.1) is 0 Å². The highest BCUT2D eigenvalue weighted by molar-refractivity contribution is 6.15. The van der Waals surface area contributed by atoms with Gasteiger partial charge in [0.2, 0.25) is 0 Å². The first-order valence-corrected chi connectivity index (χ1v) is 22.4. The zero-order valence-electron chi connectivity index (χ0n) is 35.9. The lowest BCUT2D eigenvalue weighted by molar-refractivity contribution is 0.877. The minimum atomic E-state index is 0.871. The van der Waals surface area contributed by atoms with Gasteiger partial charge < -0.3 is 19.1 Å². The van der Waals surface area contributed by atoms with Crippen molar-refractivity contribution in [3.05, 3.63) is 231 Å². The lowest BCUT2D eigenvalue weighted by Gasteiger charge is -2.21. The van der Waals surface area contributed by atoms with E-state index >= 15 is 0 Å². The van der Waals surface area contributed by atoms with Crippen molar-refractivity contribution in [3.63, 3.8) is 0 Å². The van der Waals surface area contributed by atoms with E-state index in [-0.39, 0.29) is 0 Å². The van der Waals surface area contributed by atoms with Crippen LogP contribution in [0.3, 0.4) is 0 Å². The van der Waals surface area contributed by atoms with Gasteiger partial charge in [0.1, 0.15) is 0 Å². The molecular formula is C60H42N6. The van der Waals surface area contributed by atoms with E-state index in [0.717, 1.165) is 78.2 Å². The van der Waals surface area contributed by atoms with E-state index in [2.05, 4.69) is 255 Å². The Bertz CT molecular complexity index is 3990. The van der Waals surface area contributed by atoms with Gasteiger partial charge in [-0.2, -0.15) is 5.53 Å². The molecule has 0 aliphatic carbocycles. The second-order valence-electron chi connectivity index (χ2n) is 16.9. The minimum Gasteiger partial charge on any atom is -0.309 e. The number of nitrogens with zero attached hydrogens (tertiary/aromatic N) is 3. The number of benzene rings is 10. The van der Waals surface area contributed by atoms with Crippen molar-refractivity contribution in [1.82, 2.24) is 19.2 Å². The molecule has 312 valence electrons. The van der Waals surface area contributed by atoms with Crippen LogP contribution in [0.15, 0.2) is 231 Å². The molecule has 10 aromatic carbocycles. The SMILES string of the molecule is NNNc1ccc(-c2ccc3c(c2)c2ccccc2n3-c2ccccc2)c(-c2ccc3c(c2)c2ccccc2n3-c2ccccc2)c1-c1ccc2c(c1)c1ccccc1n2-c1ccccc1. The van der Waals surface area contributed by atoms with Gasteiger partial charge in [-0.25, -0.2) is 0 Å². The molecule has 0 saturated heterocycles. The number of para-hydroxylation sites is 6. The Hall–Kier alpha value is -8.68. The Morgan fingerprint density at radius 2 is 0.636 bits per heavy atom. The maximum Gasteiger partial charge on any atom is 0.0586 e. The fraction of sp³-hybridized carbons (Fsp3) is 0. The second kappa shape index (κ2) is 15.2. The largest absolute Gasteiger partial charge is 0.309 e. The van der Waals surface area contributed by atoms with Gasteiger partial charge in [-0.05, 0) is 125 Å². The van der Waals surface area contributed by atoms with Crippen LogP contribution in [0.5, 0.6) is 0 Å². The Balaban J connectivity index is 1.12. The van der Waals surface area contributed by atoms with Crippen molar-refractivity contribution in [2.75, 3.05) is 5.43 Å². The Morgan fingerprint density at radius 1 is 0.288 bits per heavy atom. The van der Waals surface area contributed by atoms with Crippen LogP contribution in [0.1, 0.15) is 0 Å². The molecule has 6 nitrogen and oxygen atoms in total. The first-order valence-electron chi connectivity index (χ1n) is 22.4. The molecule has 3 heterocycles. The Kier molecular flexibility index (Phi) is 8.74. The van der Waals surface area contributed by atoms with Crippen LogP contribution in [0.25, 0.3) is 116 Å². The van der Waals surface area contributed by atoms with Crippen LogP contribution in [-0.2, 0) is 0 Å². The Morgan fingerprint density at radius 3 is 1.06 bits per heavy atom. The molecule has 0 aliphatic heterocycles. The molecule has 0 aliphatic rings. The number of rotatable bonds is 8. The average molecular weight is 847 g/mol. The maximum absolute atomic E-state index is 6.17. The molecule has 0 unspecified atom stereocenters. The first-order chi connectivity index (χ1) is 32.7. The number of hydrogen-bond acceptors (Lipinski definition) is 3. The van der Waals surface area contributed by atoms with Crippen molar-refractivity contribution in [2.45, 2.75) is 0 Å². The average Bonchev–Trinajstić information content (AvgIpc) is 4.02. The van der Waals surface area contributed by atoms with Gasteiger partial charge in [-0.3, -0.25) is 5.84 Å². The van der Waals surface area contributed by atoms with Crippen LogP contribution >= 0.6 is 0 Å². The molecule has 13 aromatic rings. The van der Waals surface area contributed by atoms with E-state index in [9.17, 15) is 0 Å². The molecule has 0 atom stereocenters. The Labute approximate surface area is 381 Å². The van der Waals surface area contributed by atoms with E-state index in [1.807, 2.05) is 0 Å². The maximum atomic E-state index is 6.17. The molecule has 3 aromatic heterocycles. The van der Waals surface area contributed by atoms with Crippen LogP contribution in [-0.4, -0.2) is 13.7 Å². The number of nitrogens with one attached hydrogen (secondary N) is 2. The molecule has 13 rings (SSSR count). The molecular weight excluding hydrogens is 805 g/mol. The summed E-state index contributed by atoms with van der Waals surface area (Å²) in [6, 6.07) is 83.3. The smallest absolute Gasteiger partial charge is 0.0586 e. The number of hydrazine groups is 2. The van der Waals surface area contributed by atoms with Crippen molar-refractivity contribution in [1.29, 1.82) is 0 Å². The van der Waals surface area contributed by atoms with E-state index in [1.165, 1.54) is 43.4 Å². The fourth-order valence-electron chi connectivity index (χ4n) is 10.6. The molecule has 4 N–H and O–H groups in total. The second-order valence-corrected chi connectivity index (χ2v) is 16.9. The lowest BCUT2D eigenvalue weighted by atomic mass is 9.85. The minimum absolute atomic E-state index is 0.871. The van der Waals surface area contributed by atoms with Crippen molar-refractivity contribution >= 4 is 71.1 Å². The predicted octanol–water partition coefficient (Wildman–Crippen LogP) is 14.8. The van der Waals surface area contributed by atoms with Crippen molar-refractivity contribution in [3.8, 4) is 50.4 Å². The predicted molar refractivity (Wildman–Crippen MR) is 277 cm³/mol. The van der Waals surface area contributed by atoms with Gasteiger partial charge in [0, 0.05) is 54.9 Å². The van der Waals surface area contributed by atoms with Crippen LogP contribution in [0, 0.1) is 0 Å². The molecule has 0 saturated carbocycles. The number of aromatic nitrogens is 3. The summed E-state index contributed by atoms with van der Waals surface area (Å²) in [6.07, 6.45) is 0. The summed E-state index contributed by atoms with van der Waals surface area (Å²) in [4.78, 5) is 0. The summed E-state index contributed by atoms with van der Waals surface area (Å²) >= 11 is 0. The molecule has 0 amide bonds. The van der Waals surface area contributed by atoms with Crippen LogP contribution in [0.2, 0.25) is 0 Å². The highest BCUT2D eigenvalue weighted by Gasteiger charge is 2.23. The van der Waals surface area contributed by atoms with Gasteiger partial charge in [-0.1, -0.05) is 133 Å². The van der Waals surface area contributed by atoms with Gasteiger partial charge in [0.15, 0.2) is 0 Å². The van der Waals surface area contributed by atoms with Gasteiger partial charge >= 0.3 is 0 Å². The third-order valence-electron chi connectivity index (χ3n) is 13.4. The van der Waals surface area contributed by atoms with Gasteiger partial charge in [0.25, 0.3) is 0 Å². The van der Waals surface area contributed by atoms with Crippen molar-refractivity contribution < 1.29 is 0 Å². The summed E-state index contributed by atoms with van der Waals surface area (Å²) in [6.45, 7) is 0. The number of anilines is 1. The van der Waals surface area contributed by atoms with Crippen LogP contribution in [0.4, 0.5) is 5.69 Å². The summed E-state index contributed by atoms with van der Waals surface area (Å²) in [7, 11) is 0. The normalized spacial score (nSPS) is 11.8. The fourth-order valence-corrected chi connectivity index (χ4v) is 10.6. The molecule has 0 bridgehead atoms. The monoisotopic (exact) mass is 846 g/mol. The quantitative estimate of drug-likeness (QED) is 0.105. The van der Waals surface area contributed by atoms with E-state index in [1.54, 1.807) is 0 Å². The molecule has 6 heteroatoms. The number of hydrogen-bond donors (Lipinski definition) is 3. The molecule has 66 heavy (non-hydrogen) atoms. The lowest BCUT2D eigenvalue weighted by Crippen LogP contribution is -2.29. The topological polar surface area (TPSA) is 64.9 Å². The standard InChI is InChI=1S/C60H42N6/c61-63-62-52-32-31-45(39-28-33-56-49(36-39)46-22-10-13-25-53(46)64(56)42-16-4-1-5-17-42)59(40-29-34-57-50(37-40)47-23-11-14-26-54(47)65(57)43-18-6-2-7-19-43)60(52)41-30-35-58-51(38-41)48-24-12-15-27-55(48)66(58)44-20-8-3-9-21-44/h1-38,62-63H,61H2. The highest BCUT2D eigenvalue weighted by atomic mass is 15.5. The van der Waals surface area contributed by atoms with Gasteiger partial charge in [0.05, 0.1) is 38.8 Å². The summed E-state index contributed by atoms with van der Waals surface area (Å²) in [5, 5.41) is 7.15. The number of nitrogens with two attached hydrogens (primary N) is 1. The third-order valence-corrected chi connectivity index (χ3v) is 13.4. The van der Waals surface area contributed by atoms with E-state index in [0.29, 0.717) is 0 Å². The molecule has 0 fully saturated rings. The van der Waals surface area contributed by atoms with E-state index < -0.39 is 0 Å². The first kappa shape index (κ1) is 37.8. The number of fused-ring (bicyclic) bond motifs is 9. The summed E-state index contributed by atoms with van der Waals surface area (Å²) < 4.78 is 7.11. The summed E-state index contributed by atoms with van der Waals surface area (Å²) in [5.74, 6) is 6.17. The summed E-state index contributed by atoms with van der Waals surface area (Å²) in [5.41, 5.74) is 23.9. The molecule has 0 radical (unpaired) electrons. The zero-order chi connectivity index (χ0) is 43.7. The van der Waals surface area contributed by atoms with E-state index in [4.69, 9.17) is 5.84 Å². The third kappa shape index (κ3) is 5.83.